The number of carbonyl (C=O) groups is 3. The van der Waals surface area contributed by atoms with Crippen molar-refractivity contribution in [3.8, 4) is 0 Å². The molecule has 0 aromatic heterocycles. The van der Waals surface area contributed by atoms with Crippen LogP contribution in [0.15, 0.2) is 0 Å². The van der Waals surface area contributed by atoms with Gasteiger partial charge in [-0.1, -0.05) is 0 Å². The summed E-state index contributed by atoms with van der Waals surface area (Å²) >= 11 is 0. The molecule has 0 fully saturated rings. The summed E-state index contributed by atoms with van der Waals surface area (Å²) < 4.78 is 13.6. The number of hydrogen-bond donors (Lipinski definition) is 1. The summed E-state index contributed by atoms with van der Waals surface area (Å²) in [5, 5.41) is 1.68. The fraction of sp³-hybridized carbons (Fsp3) is 0.750. The Morgan fingerprint density at radius 3 is 1.60 bits per heavy atom. The maximum Gasteiger partial charge on any atom is 0.306 e. The molecule has 0 spiro atoms. The number of hydrogen-bond acceptors (Lipinski definition) is 8. The topological polar surface area (TPSA) is 94.2 Å². The number of methoxy groups -OCH3 is 3. The second kappa shape index (κ2) is 11.2. The van der Waals surface area contributed by atoms with E-state index in [1.165, 1.54) is 21.3 Å². The minimum atomic E-state index is -0.345. The van der Waals surface area contributed by atoms with Gasteiger partial charge in [0.05, 0.1) is 40.6 Å². The van der Waals surface area contributed by atoms with Crippen molar-refractivity contribution in [2.45, 2.75) is 19.3 Å². The van der Waals surface area contributed by atoms with Gasteiger partial charge in [0.25, 0.3) is 0 Å². The second-order valence-corrected chi connectivity index (χ2v) is 3.87. The molecule has 0 radical (unpaired) electrons. The van der Waals surface area contributed by atoms with Crippen LogP contribution in [-0.4, -0.2) is 63.9 Å². The van der Waals surface area contributed by atoms with Crippen molar-refractivity contribution in [3.63, 3.8) is 0 Å². The average molecular weight is 290 g/mol. The minimum absolute atomic E-state index is 0.183. The summed E-state index contributed by atoms with van der Waals surface area (Å²) in [6, 6.07) is 0. The molecular weight excluding hydrogens is 268 g/mol. The van der Waals surface area contributed by atoms with E-state index in [1.54, 1.807) is 5.01 Å². The number of esters is 3. The highest BCUT2D eigenvalue weighted by Gasteiger charge is 2.11. The van der Waals surface area contributed by atoms with E-state index < -0.39 is 0 Å². The lowest BCUT2D eigenvalue weighted by molar-refractivity contribution is -0.143. The molecule has 0 aromatic carbocycles. The Balaban J connectivity index is 4.12. The molecule has 0 aromatic rings. The molecule has 0 atom stereocenters. The average Bonchev–Trinajstić information content (AvgIpc) is 2.47. The maximum atomic E-state index is 11.1. The highest BCUT2D eigenvalue weighted by Crippen LogP contribution is 1.95. The van der Waals surface area contributed by atoms with Gasteiger partial charge in [-0.15, -0.1) is 0 Å². The molecule has 0 rings (SSSR count). The van der Waals surface area contributed by atoms with Crippen LogP contribution in [0.2, 0.25) is 0 Å². The Hall–Kier alpha value is -1.67. The Labute approximate surface area is 118 Å². The molecule has 116 valence electrons. The van der Waals surface area contributed by atoms with Gasteiger partial charge in [-0.2, -0.15) is 0 Å². The van der Waals surface area contributed by atoms with Gasteiger partial charge in [-0.3, -0.25) is 19.8 Å². The first kappa shape index (κ1) is 18.3. The van der Waals surface area contributed by atoms with Gasteiger partial charge in [0.15, 0.2) is 0 Å². The third kappa shape index (κ3) is 9.29. The standard InChI is InChI=1S/C12H22N2O6/c1-18-10(15)4-7-13-14(8-5-11(16)19-2)9-6-12(17)20-3/h13H,4-9H2,1-3H3. The van der Waals surface area contributed by atoms with E-state index >= 15 is 0 Å². The highest BCUT2D eigenvalue weighted by atomic mass is 16.5. The monoisotopic (exact) mass is 290 g/mol. The van der Waals surface area contributed by atoms with E-state index in [0.29, 0.717) is 19.6 Å². The van der Waals surface area contributed by atoms with E-state index in [9.17, 15) is 14.4 Å². The van der Waals surface area contributed by atoms with E-state index in [2.05, 4.69) is 19.6 Å². The van der Waals surface area contributed by atoms with Crippen molar-refractivity contribution in [1.29, 1.82) is 0 Å². The largest absolute Gasteiger partial charge is 0.469 e. The molecule has 8 nitrogen and oxygen atoms in total. The zero-order chi connectivity index (χ0) is 15.4. The van der Waals surface area contributed by atoms with Crippen molar-refractivity contribution >= 4 is 17.9 Å². The highest BCUT2D eigenvalue weighted by molar-refractivity contribution is 5.70. The molecule has 0 bridgehead atoms. The number of hydrazine groups is 1. The Bertz CT molecular complexity index is 301. The third-order valence-corrected chi connectivity index (χ3v) is 2.52. The molecule has 1 N–H and O–H groups in total. The Kier molecular flexibility index (Phi) is 10.2. The molecule has 0 aliphatic rings. The molecular formula is C12H22N2O6. The van der Waals surface area contributed by atoms with Crippen molar-refractivity contribution in [1.82, 2.24) is 10.4 Å². The minimum Gasteiger partial charge on any atom is -0.469 e. The Morgan fingerprint density at radius 2 is 1.20 bits per heavy atom. The van der Waals surface area contributed by atoms with Crippen LogP contribution in [0.25, 0.3) is 0 Å². The van der Waals surface area contributed by atoms with Crippen LogP contribution in [0.4, 0.5) is 0 Å². The lowest BCUT2D eigenvalue weighted by Gasteiger charge is -2.22. The summed E-state index contributed by atoms with van der Waals surface area (Å²) in [7, 11) is 3.94. The van der Waals surface area contributed by atoms with E-state index in [4.69, 9.17) is 0 Å². The van der Waals surface area contributed by atoms with Gasteiger partial charge in [-0.05, 0) is 0 Å². The molecule has 20 heavy (non-hydrogen) atoms. The lowest BCUT2D eigenvalue weighted by Crippen LogP contribution is -2.42. The molecule has 0 aliphatic heterocycles. The van der Waals surface area contributed by atoms with Crippen LogP contribution >= 0.6 is 0 Å². The van der Waals surface area contributed by atoms with Crippen molar-refractivity contribution in [2.75, 3.05) is 41.0 Å². The number of nitrogens with zero attached hydrogens (tertiary/aromatic N) is 1. The molecule has 0 aliphatic carbocycles. The number of nitrogens with one attached hydrogen (secondary N) is 1. The SMILES string of the molecule is COC(=O)CCNN(CCC(=O)OC)CCC(=O)OC. The van der Waals surface area contributed by atoms with Crippen LogP contribution in [0.3, 0.4) is 0 Å². The zero-order valence-electron chi connectivity index (χ0n) is 12.1. The molecule has 0 heterocycles. The number of rotatable bonds is 10. The second-order valence-electron chi connectivity index (χ2n) is 3.87. The van der Waals surface area contributed by atoms with Gasteiger partial charge < -0.3 is 14.2 Å². The van der Waals surface area contributed by atoms with Gasteiger partial charge in [0.2, 0.25) is 0 Å². The van der Waals surface area contributed by atoms with Crippen LogP contribution in [-0.2, 0) is 28.6 Å². The number of carbonyl (C=O) groups excluding carboxylic acids is 3. The zero-order valence-corrected chi connectivity index (χ0v) is 12.1. The summed E-state index contributed by atoms with van der Waals surface area (Å²) in [5.41, 5.74) is 2.96. The lowest BCUT2D eigenvalue weighted by atomic mass is 10.3. The van der Waals surface area contributed by atoms with Crippen LogP contribution < -0.4 is 5.43 Å². The predicted octanol–water partition coefficient (Wildman–Crippen LogP) is -0.518. The predicted molar refractivity (Wildman–Crippen MR) is 69.5 cm³/mol. The summed E-state index contributed by atoms with van der Waals surface area (Å²) in [6.07, 6.45) is 0.565. The Morgan fingerprint density at radius 1 is 0.800 bits per heavy atom. The van der Waals surface area contributed by atoms with Crippen LogP contribution in [0.1, 0.15) is 19.3 Å². The third-order valence-electron chi connectivity index (χ3n) is 2.52. The number of ether oxygens (including phenoxy) is 3. The van der Waals surface area contributed by atoms with Crippen LogP contribution in [0.5, 0.6) is 0 Å². The van der Waals surface area contributed by atoms with Crippen LogP contribution in [0, 0.1) is 0 Å². The van der Waals surface area contributed by atoms with E-state index in [-0.39, 0.29) is 37.2 Å². The first-order chi connectivity index (χ1) is 9.53. The normalized spacial score (nSPS) is 10.2. The van der Waals surface area contributed by atoms with E-state index in [1.807, 2.05) is 0 Å². The quantitative estimate of drug-likeness (QED) is 0.326. The van der Waals surface area contributed by atoms with Gasteiger partial charge in [-0.25, -0.2) is 5.01 Å². The first-order valence-electron chi connectivity index (χ1n) is 6.22. The molecule has 8 heteroatoms. The van der Waals surface area contributed by atoms with Gasteiger partial charge >= 0.3 is 17.9 Å². The van der Waals surface area contributed by atoms with Crippen molar-refractivity contribution in [3.05, 3.63) is 0 Å². The molecule has 0 saturated carbocycles. The molecule has 0 amide bonds. The van der Waals surface area contributed by atoms with Gasteiger partial charge in [0, 0.05) is 19.6 Å². The first-order valence-corrected chi connectivity index (χ1v) is 6.22. The van der Waals surface area contributed by atoms with Crippen molar-refractivity contribution < 1.29 is 28.6 Å². The summed E-state index contributed by atoms with van der Waals surface area (Å²) in [5.74, 6) is -1.02. The summed E-state index contributed by atoms with van der Waals surface area (Å²) in [4.78, 5) is 33.2. The van der Waals surface area contributed by atoms with Crippen molar-refractivity contribution in [2.24, 2.45) is 0 Å². The fourth-order valence-electron chi connectivity index (χ4n) is 1.34. The molecule has 0 unspecified atom stereocenters. The van der Waals surface area contributed by atoms with Gasteiger partial charge in [0.1, 0.15) is 0 Å². The fourth-order valence-corrected chi connectivity index (χ4v) is 1.34. The summed E-state index contributed by atoms with van der Waals surface area (Å²) in [6.45, 7) is 1.09. The molecule has 0 saturated heterocycles. The van der Waals surface area contributed by atoms with E-state index in [0.717, 1.165) is 0 Å². The maximum absolute atomic E-state index is 11.1. The smallest absolute Gasteiger partial charge is 0.306 e.